The highest BCUT2D eigenvalue weighted by molar-refractivity contribution is 6.42. The third-order valence-corrected chi connectivity index (χ3v) is 2.47. The Bertz CT molecular complexity index is 381. The van der Waals surface area contributed by atoms with Gasteiger partial charge in [-0.3, -0.25) is 0 Å². The van der Waals surface area contributed by atoms with Crippen LogP contribution in [0, 0.1) is 5.82 Å². The lowest BCUT2D eigenvalue weighted by atomic mass is 10.1. The monoisotopic (exact) mass is 238 g/mol. The minimum absolute atomic E-state index is 0.134. The van der Waals surface area contributed by atoms with Gasteiger partial charge in [-0.25, -0.2) is 9.18 Å². The molecule has 1 atom stereocenters. The van der Waals surface area contributed by atoms with Gasteiger partial charge in [-0.2, -0.15) is 0 Å². The van der Waals surface area contributed by atoms with Crippen molar-refractivity contribution in [2.45, 2.75) is 6.10 Å². The van der Waals surface area contributed by atoms with Crippen LogP contribution in [0.5, 0.6) is 0 Å². The molecule has 14 heavy (non-hydrogen) atoms. The summed E-state index contributed by atoms with van der Waals surface area (Å²) >= 11 is 11.0. The number of aliphatic hydroxyl groups excluding tert-OH is 1. The first kappa shape index (κ1) is 11.2. The summed E-state index contributed by atoms with van der Waals surface area (Å²) in [7, 11) is 0. The first-order valence-corrected chi connectivity index (χ1v) is 4.25. The second kappa shape index (κ2) is 4.13. The SMILES string of the molecule is O=C(O)[C@@H](O)c1ccc(F)c(Cl)c1Cl. The lowest BCUT2D eigenvalue weighted by Gasteiger charge is -2.09. The maximum absolute atomic E-state index is 12.8. The van der Waals surface area contributed by atoms with Crippen LogP contribution in [0.3, 0.4) is 0 Å². The fraction of sp³-hybridized carbons (Fsp3) is 0.125. The van der Waals surface area contributed by atoms with Crippen molar-refractivity contribution in [2.24, 2.45) is 0 Å². The van der Waals surface area contributed by atoms with Gasteiger partial charge in [0.25, 0.3) is 0 Å². The Morgan fingerprint density at radius 2 is 1.93 bits per heavy atom. The third-order valence-electron chi connectivity index (χ3n) is 1.59. The van der Waals surface area contributed by atoms with Gasteiger partial charge in [-0.05, 0) is 6.07 Å². The molecule has 1 rings (SSSR count). The highest BCUT2D eigenvalue weighted by Gasteiger charge is 2.21. The maximum atomic E-state index is 12.8. The zero-order chi connectivity index (χ0) is 10.9. The third kappa shape index (κ3) is 1.97. The van der Waals surface area contributed by atoms with Crippen LogP contribution in [0.4, 0.5) is 4.39 Å². The highest BCUT2D eigenvalue weighted by Crippen LogP contribution is 2.32. The van der Waals surface area contributed by atoms with Crippen LogP contribution in [-0.2, 0) is 4.79 Å². The Hall–Kier alpha value is -0.840. The first-order valence-electron chi connectivity index (χ1n) is 3.49. The molecule has 6 heteroatoms. The highest BCUT2D eigenvalue weighted by atomic mass is 35.5. The Labute approximate surface area is 88.7 Å². The molecule has 0 fully saturated rings. The summed E-state index contributed by atoms with van der Waals surface area (Å²) in [6.45, 7) is 0. The fourth-order valence-corrected chi connectivity index (χ4v) is 1.31. The van der Waals surface area contributed by atoms with E-state index in [1.165, 1.54) is 0 Å². The van der Waals surface area contributed by atoms with Crippen molar-refractivity contribution in [3.63, 3.8) is 0 Å². The number of hydrogen-bond acceptors (Lipinski definition) is 2. The van der Waals surface area contributed by atoms with Gasteiger partial charge in [0.2, 0.25) is 0 Å². The summed E-state index contributed by atoms with van der Waals surface area (Å²) in [6.07, 6.45) is -1.81. The zero-order valence-electron chi connectivity index (χ0n) is 6.67. The van der Waals surface area contributed by atoms with E-state index in [0.717, 1.165) is 12.1 Å². The van der Waals surface area contributed by atoms with Crippen molar-refractivity contribution < 1.29 is 19.4 Å². The van der Waals surface area contributed by atoms with Gasteiger partial charge < -0.3 is 10.2 Å². The van der Waals surface area contributed by atoms with Crippen LogP contribution in [0.15, 0.2) is 12.1 Å². The standard InChI is InChI=1S/C8H5Cl2FO3/c9-5-3(7(12)8(13)14)1-2-4(11)6(5)10/h1-2,7,12H,(H,13,14)/t7-/m0/s1. The molecule has 0 spiro atoms. The Kier molecular flexibility index (Phi) is 3.31. The van der Waals surface area contributed by atoms with Crippen LogP contribution < -0.4 is 0 Å². The van der Waals surface area contributed by atoms with Crippen LogP contribution >= 0.6 is 23.2 Å². The first-order chi connectivity index (χ1) is 6.45. The van der Waals surface area contributed by atoms with E-state index >= 15 is 0 Å². The van der Waals surface area contributed by atoms with Crippen LogP contribution in [-0.4, -0.2) is 16.2 Å². The van der Waals surface area contributed by atoms with Crippen LogP contribution in [0.1, 0.15) is 11.7 Å². The summed E-state index contributed by atoms with van der Waals surface area (Å²) in [5.41, 5.74) is -0.134. The molecular formula is C8H5Cl2FO3. The molecule has 0 radical (unpaired) electrons. The number of carboxylic acid groups (broad SMARTS) is 1. The molecule has 0 amide bonds. The molecule has 0 bridgehead atoms. The van der Waals surface area contributed by atoms with E-state index in [1.807, 2.05) is 0 Å². The van der Waals surface area contributed by atoms with Gasteiger partial charge in [0.05, 0.1) is 10.0 Å². The molecule has 1 aromatic carbocycles. The van der Waals surface area contributed by atoms with E-state index in [-0.39, 0.29) is 10.6 Å². The number of rotatable bonds is 2. The van der Waals surface area contributed by atoms with Crippen molar-refractivity contribution >= 4 is 29.2 Å². The molecule has 3 nitrogen and oxygen atoms in total. The minimum Gasteiger partial charge on any atom is -0.479 e. The average molecular weight is 239 g/mol. The van der Waals surface area contributed by atoms with E-state index in [2.05, 4.69) is 0 Å². The predicted octanol–water partition coefficient (Wildman–Crippen LogP) is 2.25. The van der Waals surface area contributed by atoms with Crippen LogP contribution in [0.2, 0.25) is 10.0 Å². The van der Waals surface area contributed by atoms with Gasteiger partial charge in [0.15, 0.2) is 6.10 Å². The molecule has 0 unspecified atom stereocenters. The summed E-state index contributed by atoms with van der Waals surface area (Å²) in [5.74, 6) is -2.24. The predicted molar refractivity (Wildman–Crippen MR) is 49.0 cm³/mol. The molecule has 76 valence electrons. The van der Waals surface area contributed by atoms with E-state index in [1.54, 1.807) is 0 Å². The number of benzene rings is 1. The number of aliphatic carboxylic acids is 1. The number of carboxylic acids is 1. The smallest absolute Gasteiger partial charge is 0.337 e. The van der Waals surface area contributed by atoms with Gasteiger partial charge in [-0.15, -0.1) is 0 Å². The molecule has 0 heterocycles. The molecule has 0 aromatic heterocycles. The maximum Gasteiger partial charge on any atom is 0.337 e. The average Bonchev–Trinajstić information content (AvgIpc) is 2.13. The van der Waals surface area contributed by atoms with Gasteiger partial charge >= 0.3 is 5.97 Å². The van der Waals surface area contributed by atoms with Crippen molar-refractivity contribution in [3.05, 3.63) is 33.6 Å². The fourth-order valence-electron chi connectivity index (χ4n) is 0.885. The van der Waals surface area contributed by atoms with E-state index < -0.39 is 22.9 Å². The molecule has 0 saturated carbocycles. The zero-order valence-corrected chi connectivity index (χ0v) is 8.18. The summed E-state index contributed by atoms with van der Waals surface area (Å²) < 4.78 is 12.8. The summed E-state index contributed by atoms with van der Waals surface area (Å²) in [6, 6.07) is 2.01. The number of hydrogen-bond donors (Lipinski definition) is 2. The molecule has 0 aliphatic rings. The quantitative estimate of drug-likeness (QED) is 0.778. The molecule has 0 aliphatic carbocycles. The Balaban J connectivity index is 3.24. The van der Waals surface area contributed by atoms with Crippen molar-refractivity contribution in [1.29, 1.82) is 0 Å². The van der Waals surface area contributed by atoms with E-state index in [4.69, 9.17) is 33.4 Å². The van der Waals surface area contributed by atoms with Crippen molar-refractivity contribution in [3.8, 4) is 0 Å². The summed E-state index contributed by atoms with van der Waals surface area (Å²) in [4.78, 5) is 10.4. The molecule has 2 N–H and O–H groups in total. The Morgan fingerprint density at radius 1 is 1.36 bits per heavy atom. The van der Waals surface area contributed by atoms with Crippen molar-refractivity contribution in [1.82, 2.24) is 0 Å². The van der Waals surface area contributed by atoms with Gasteiger partial charge in [0.1, 0.15) is 5.82 Å². The number of halogens is 3. The van der Waals surface area contributed by atoms with Gasteiger partial charge in [-0.1, -0.05) is 29.3 Å². The molecule has 1 aromatic rings. The minimum atomic E-state index is -1.81. The van der Waals surface area contributed by atoms with Crippen LogP contribution in [0.25, 0.3) is 0 Å². The lowest BCUT2D eigenvalue weighted by Crippen LogP contribution is -2.11. The van der Waals surface area contributed by atoms with E-state index in [9.17, 15) is 9.18 Å². The lowest BCUT2D eigenvalue weighted by molar-refractivity contribution is -0.146. The topological polar surface area (TPSA) is 57.5 Å². The van der Waals surface area contributed by atoms with Crippen molar-refractivity contribution in [2.75, 3.05) is 0 Å². The normalized spacial score (nSPS) is 12.6. The van der Waals surface area contributed by atoms with E-state index in [0.29, 0.717) is 0 Å². The Morgan fingerprint density at radius 3 is 2.43 bits per heavy atom. The molecular weight excluding hydrogens is 234 g/mol. The number of carbonyl (C=O) groups is 1. The molecule has 0 saturated heterocycles. The second-order valence-corrected chi connectivity index (χ2v) is 3.26. The molecule has 0 aliphatic heterocycles. The summed E-state index contributed by atoms with van der Waals surface area (Å²) in [5, 5.41) is 16.9. The second-order valence-electron chi connectivity index (χ2n) is 2.51. The number of aliphatic hydroxyl groups is 1. The van der Waals surface area contributed by atoms with Gasteiger partial charge in [0, 0.05) is 5.56 Å². The largest absolute Gasteiger partial charge is 0.479 e.